The van der Waals surface area contributed by atoms with E-state index in [-0.39, 0.29) is 35.6 Å². The number of halogens is 2. The predicted molar refractivity (Wildman–Crippen MR) is 171 cm³/mol. The van der Waals surface area contributed by atoms with Crippen molar-refractivity contribution in [3.63, 3.8) is 0 Å². The number of aryl methyl sites for hydroxylation is 2. The zero-order valence-electron chi connectivity index (χ0n) is 26.3. The Labute approximate surface area is 281 Å². The summed E-state index contributed by atoms with van der Waals surface area (Å²) in [5.41, 5.74) is 12.9. The number of hydrogen-bond donors (Lipinski definition) is 0. The molecule has 0 amide bonds. The average molecular weight is 673 g/mol. The number of rotatable bonds is 1. The summed E-state index contributed by atoms with van der Waals surface area (Å²) < 4.78 is 2.21. The summed E-state index contributed by atoms with van der Waals surface area (Å²) in [5, 5.41) is 2.65. The minimum atomic E-state index is 0. The molecule has 0 bridgehead atoms. The molecule has 0 aromatic heterocycles. The van der Waals surface area contributed by atoms with E-state index in [4.69, 9.17) is 0 Å². The zero-order valence-corrected chi connectivity index (χ0v) is 30.2. The normalized spacial score (nSPS) is 12.6. The maximum absolute atomic E-state index is 3.69. The Kier molecular flexibility index (Phi) is 13.0. The molecule has 42 heavy (non-hydrogen) atoms. The first-order valence-corrected chi connectivity index (χ1v) is 15.7. The molecule has 3 heteroatoms. The van der Waals surface area contributed by atoms with Crippen LogP contribution < -0.4 is 24.8 Å². The van der Waals surface area contributed by atoms with Gasteiger partial charge in [0.05, 0.1) is 0 Å². The third kappa shape index (κ3) is 8.75. The first-order chi connectivity index (χ1) is 18.9. The third-order valence-electron chi connectivity index (χ3n) is 7.61. The van der Waals surface area contributed by atoms with E-state index in [0.29, 0.717) is 0 Å². The molecule has 2 aliphatic carbocycles. The van der Waals surface area contributed by atoms with Gasteiger partial charge in [0.15, 0.2) is 0 Å². The van der Waals surface area contributed by atoms with E-state index >= 15 is 0 Å². The molecule has 0 saturated heterocycles. The Morgan fingerprint density at radius 1 is 0.762 bits per heavy atom. The van der Waals surface area contributed by atoms with Crippen LogP contribution in [0.3, 0.4) is 0 Å². The monoisotopic (exact) mass is 670 g/mol. The fraction of sp³-hybridized carbons (Fsp3) is 0.308. The number of fused-ring (bicyclic) bond motifs is 4. The van der Waals surface area contributed by atoms with E-state index in [1.54, 1.807) is 0 Å². The van der Waals surface area contributed by atoms with Gasteiger partial charge in [-0.25, -0.2) is 12.2 Å². The van der Waals surface area contributed by atoms with Gasteiger partial charge in [0.25, 0.3) is 0 Å². The van der Waals surface area contributed by atoms with E-state index in [1.807, 2.05) is 12.2 Å². The fourth-order valence-corrected chi connectivity index (χ4v) is 6.10. The van der Waals surface area contributed by atoms with Gasteiger partial charge in [-0.1, -0.05) is 71.6 Å². The molecular weight excluding hydrogens is 631 g/mol. The van der Waals surface area contributed by atoms with E-state index in [1.165, 1.54) is 85.1 Å². The summed E-state index contributed by atoms with van der Waals surface area (Å²) in [6.45, 7) is 18.2. The summed E-state index contributed by atoms with van der Waals surface area (Å²) in [6, 6.07) is 26.0. The van der Waals surface area contributed by atoms with Gasteiger partial charge in [-0.15, -0.1) is 23.1 Å². The molecule has 4 aromatic rings. The van der Waals surface area contributed by atoms with Crippen molar-refractivity contribution in [3.8, 4) is 11.1 Å². The second-order valence-corrected chi connectivity index (χ2v) is 13.7. The second-order valence-electron chi connectivity index (χ2n) is 13.0. The van der Waals surface area contributed by atoms with Crippen LogP contribution in [0.4, 0.5) is 0 Å². The van der Waals surface area contributed by atoms with Crippen molar-refractivity contribution in [3.05, 3.63) is 130 Å². The summed E-state index contributed by atoms with van der Waals surface area (Å²) in [7, 11) is 0. The number of hydrogen-bond acceptors (Lipinski definition) is 0. The van der Waals surface area contributed by atoms with Crippen molar-refractivity contribution in [2.75, 3.05) is 0 Å². The van der Waals surface area contributed by atoms with Gasteiger partial charge in [-0.05, 0) is 35.4 Å². The molecule has 0 spiro atoms. The van der Waals surface area contributed by atoms with Gasteiger partial charge in [-0.3, -0.25) is 6.08 Å². The van der Waals surface area contributed by atoms with Crippen LogP contribution in [0, 0.1) is 26.0 Å². The molecule has 6 rings (SSSR count). The van der Waals surface area contributed by atoms with Crippen molar-refractivity contribution in [1.82, 2.24) is 0 Å². The van der Waals surface area contributed by atoms with Crippen molar-refractivity contribution >= 4 is 14.5 Å². The van der Waals surface area contributed by atoms with Crippen LogP contribution in [0.2, 0.25) is 0 Å². The van der Waals surface area contributed by atoms with Crippen LogP contribution in [0.25, 0.3) is 21.9 Å². The van der Waals surface area contributed by atoms with Crippen LogP contribution in [-0.2, 0) is 41.5 Å². The van der Waals surface area contributed by atoms with Crippen LogP contribution in [0.15, 0.2) is 78.9 Å². The van der Waals surface area contributed by atoms with Gasteiger partial charge in [0.1, 0.15) is 0 Å². The number of benzene rings is 4. The Morgan fingerprint density at radius 3 is 1.95 bits per heavy atom. The molecule has 0 radical (unpaired) electrons. The quantitative estimate of drug-likeness (QED) is 0.235. The second kappa shape index (κ2) is 15.1. The summed E-state index contributed by atoms with van der Waals surface area (Å²) in [4.78, 5) is 0. The van der Waals surface area contributed by atoms with Crippen LogP contribution >= 0.6 is 0 Å². The molecule has 0 N–H and O–H groups in total. The molecule has 0 saturated carbocycles. The van der Waals surface area contributed by atoms with Crippen molar-refractivity contribution in [1.29, 1.82) is 0 Å². The van der Waals surface area contributed by atoms with E-state index in [2.05, 4.69) is 138 Å². The fourth-order valence-electron chi connectivity index (χ4n) is 5.66. The topological polar surface area (TPSA) is 0 Å². The molecule has 218 valence electrons. The first-order valence-electron chi connectivity index (χ1n) is 14.3. The predicted octanol–water partition coefficient (Wildman–Crippen LogP) is 4.12. The van der Waals surface area contributed by atoms with E-state index < -0.39 is 0 Å². The molecule has 0 fully saturated rings. The molecule has 0 unspecified atom stereocenters. The van der Waals surface area contributed by atoms with Crippen molar-refractivity contribution in [2.24, 2.45) is 0 Å². The van der Waals surface area contributed by atoms with Gasteiger partial charge in [0.2, 0.25) is 0 Å². The van der Waals surface area contributed by atoms with Gasteiger partial charge in [-0.2, -0.15) is 23.8 Å². The molecule has 0 atom stereocenters. The first kappa shape index (κ1) is 36.1. The third-order valence-corrected chi connectivity index (χ3v) is 8.43. The van der Waals surface area contributed by atoms with Crippen LogP contribution in [0.5, 0.6) is 0 Å². The van der Waals surface area contributed by atoms with E-state index in [0.717, 1.165) is 12.8 Å². The standard InChI is InChI=1S/C23H29.C11H8.C5H5.2ClH.Zr/c1-14-9-16-11-17-10-15(2)21(23(6,7)8)13-19(17)18(16)12-20(14)22(3,4)5;1-9-6-7-10-4-2-3-5-11(10)8-9;1-2-4-5-3-1;;;/h9,12-13H,11H2,1-8H3;1-8H;1-3H,4H2;2*1H;/q-1;;-1;;;+2/p-2. The Morgan fingerprint density at radius 2 is 1.40 bits per heavy atom. The SMILES string of the molecule is Cc1[c-]c2c(cc1C(C)(C)C)-c1cc(C(C)(C)C)c(C)cc1C2.[C-]1=CC=CC1.[Cl-].[Cl-].[Zr+2]=[CH]c1ccc2ccccc2c1. The maximum atomic E-state index is 3.69. The molecule has 2 aliphatic rings. The van der Waals surface area contributed by atoms with Gasteiger partial charge >= 0.3 is 86.7 Å². The summed E-state index contributed by atoms with van der Waals surface area (Å²) in [6.07, 6.45) is 11.0. The zero-order chi connectivity index (χ0) is 29.1. The van der Waals surface area contributed by atoms with Crippen LogP contribution in [-0.4, -0.2) is 3.71 Å². The van der Waals surface area contributed by atoms with Gasteiger partial charge < -0.3 is 24.8 Å². The molecular formula is C39H42Cl2Zr-2. The summed E-state index contributed by atoms with van der Waals surface area (Å²) >= 11 is 1.46. The van der Waals surface area contributed by atoms with Crippen molar-refractivity contribution < 1.29 is 49.0 Å². The molecule has 4 aromatic carbocycles. The van der Waals surface area contributed by atoms with Crippen molar-refractivity contribution in [2.45, 2.75) is 79.1 Å². The molecule has 0 aliphatic heterocycles. The average Bonchev–Trinajstić information content (AvgIpc) is 3.58. The molecule has 0 heterocycles. The minimum absolute atomic E-state index is 0. The van der Waals surface area contributed by atoms with Gasteiger partial charge in [0, 0.05) is 0 Å². The van der Waals surface area contributed by atoms with E-state index in [9.17, 15) is 0 Å². The summed E-state index contributed by atoms with van der Waals surface area (Å²) in [5.74, 6) is 0. The van der Waals surface area contributed by atoms with Crippen LogP contribution in [0.1, 0.15) is 86.9 Å². The molecule has 0 nitrogen and oxygen atoms in total. The number of allylic oxidation sites excluding steroid dienone is 4. The Bertz CT molecular complexity index is 1520. The Balaban J connectivity index is 0.000000270. The Hall–Kier alpha value is -2.05.